The number of ether oxygens (including phenoxy) is 1. The number of carbonyl (C=O) groups is 2. The molecule has 1 fully saturated rings. The normalized spacial score (nSPS) is 17.4. The maximum Gasteiger partial charge on any atom is 0.339 e. The van der Waals surface area contributed by atoms with Crippen LogP contribution < -0.4 is 0 Å². The Morgan fingerprint density at radius 2 is 2.03 bits per heavy atom. The zero-order valence-electron chi connectivity index (χ0n) is 17.3. The number of hydrogen-bond donors (Lipinski definition) is 0. The topological polar surface area (TPSA) is 93.6 Å². The molecule has 0 bridgehead atoms. The van der Waals surface area contributed by atoms with Crippen molar-refractivity contribution in [3.8, 4) is 10.6 Å². The number of para-hydroxylation sites is 1. The second kappa shape index (κ2) is 9.17. The van der Waals surface area contributed by atoms with Crippen LogP contribution in [-0.2, 0) is 19.4 Å². The van der Waals surface area contributed by atoms with Gasteiger partial charge < -0.3 is 9.64 Å². The Bertz CT molecular complexity index is 1290. The molecule has 3 heterocycles. The number of thiophene rings is 1. The molecule has 1 aliphatic heterocycles. The van der Waals surface area contributed by atoms with Crippen LogP contribution in [0.1, 0.15) is 23.7 Å². The number of esters is 1. The number of rotatable bonds is 6. The highest BCUT2D eigenvalue weighted by Gasteiger charge is 2.34. The van der Waals surface area contributed by atoms with Gasteiger partial charge >= 0.3 is 5.97 Å². The fourth-order valence-electron chi connectivity index (χ4n) is 3.87. The molecule has 1 atom stereocenters. The van der Waals surface area contributed by atoms with E-state index in [-0.39, 0.29) is 17.5 Å². The average molecular weight is 493 g/mol. The number of nitrogens with zero attached hydrogens (tertiary/aromatic N) is 2. The van der Waals surface area contributed by atoms with Gasteiger partial charge in [-0.1, -0.05) is 29.8 Å². The predicted molar refractivity (Wildman–Crippen MR) is 125 cm³/mol. The fraction of sp³-hybridized carbons (Fsp3) is 0.318. The lowest BCUT2D eigenvalue weighted by Crippen LogP contribution is -2.43. The van der Waals surface area contributed by atoms with Crippen LogP contribution in [0, 0.1) is 0 Å². The maximum absolute atomic E-state index is 12.9. The first-order chi connectivity index (χ1) is 15.3. The molecule has 0 radical (unpaired) electrons. The summed E-state index contributed by atoms with van der Waals surface area (Å²) < 4.78 is 29.5. The summed E-state index contributed by atoms with van der Waals surface area (Å²) in [4.78, 5) is 32.5. The van der Waals surface area contributed by atoms with E-state index >= 15 is 0 Å². The molecule has 7 nitrogen and oxygen atoms in total. The number of likely N-dealkylation sites (N-methyl/N-ethyl adjacent to an activating group) is 1. The van der Waals surface area contributed by atoms with Crippen LogP contribution in [0.3, 0.4) is 0 Å². The quantitative estimate of drug-likeness (QED) is 0.486. The van der Waals surface area contributed by atoms with Crippen LogP contribution in [0.5, 0.6) is 0 Å². The molecule has 4 rings (SSSR count). The van der Waals surface area contributed by atoms with E-state index in [2.05, 4.69) is 4.98 Å². The predicted octanol–water partition coefficient (Wildman–Crippen LogP) is 3.81. The van der Waals surface area contributed by atoms with Gasteiger partial charge in [-0.3, -0.25) is 4.79 Å². The molecule has 3 aromatic rings. The van der Waals surface area contributed by atoms with E-state index in [1.54, 1.807) is 37.3 Å². The van der Waals surface area contributed by atoms with Gasteiger partial charge in [0.2, 0.25) is 0 Å². The molecule has 2 aromatic heterocycles. The minimum absolute atomic E-state index is 0.0533. The van der Waals surface area contributed by atoms with Gasteiger partial charge in [0.25, 0.3) is 5.91 Å². The van der Waals surface area contributed by atoms with E-state index in [1.807, 2.05) is 12.1 Å². The molecule has 0 N–H and O–H groups in total. The van der Waals surface area contributed by atoms with Crippen molar-refractivity contribution in [3.63, 3.8) is 0 Å². The third kappa shape index (κ3) is 4.79. The summed E-state index contributed by atoms with van der Waals surface area (Å²) in [6, 6.07) is 12.0. The van der Waals surface area contributed by atoms with Gasteiger partial charge in [0.05, 0.1) is 37.5 Å². The Labute approximate surface area is 194 Å². The summed E-state index contributed by atoms with van der Waals surface area (Å²) in [5.41, 5.74) is 1.51. The molecule has 32 heavy (non-hydrogen) atoms. The van der Waals surface area contributed by atoms with Crippen LogP contribution in [-0.4, -0.2) is 60.9 Å². The number of aromatic nitrogens is 1. The van der Waals surface area contributed by atoms with Crippen molar-refractivity contribution in [3.05, 3.63) is 52.4 Å². The lowest BCUT2D eigenvalue weighted by Gasteiger charge is -2.26. The molecule has 10 heteroatoms. The number of fused-ring (bicyclic) bond motifs is 1. The zero-order valence-corrected chi connectivity index (χ0v) is 19.7. The first kappa shape index (κ1) is 22.7. The zero-order chi connectivity index (χ0) is 22.9. The van der Waals surface area contributed by atoms with Crippen molar-refractivity contribution in [2.24, 2.45) is 0 Å². The number of halogens is 1. The van der Waals surface area contributed by atoms with Crippen LogP contribution in [0.15, 0.2) is 42.5 Å². The van der Waals surface area contributed by atoms with Crippen molar-refractivity contribution in [1.82, 2.24) is 9.88 Å². The van der Waals surface area contributed by atoms with Crippen LogP contribution in [0.25, 0.3) is 21.5 Å². The number of benzene rings is 1. The molecule has 1 amide bonds. The van der Waals surface area contributed by atoms with Gasteiger partial charge in [0, 0.05) is 18.0 Å². The summed E-state index contributed by atoms with van der Waals surface area (Å²) in [7, 11) is -3.13. The standard InChI is InChI=1S/C22H21ClN2O5S2/c1-2-25(14-9-10-32(28,29)13-14)21(26)12-30-22(27)16-11-18(19-7-8-20(23)31-19)24-17-6-4-3-5-15(16)17/h3-8,11,14H,2,9-10,12-13H2,1H3/t14-/m0/s1. The SMILES string of the molecule is CCN(C(=O)COC(=O)c1cc(-c2ccc(Cl)s2)nc2ccccc12)[C@H]1CCS(=O)(=O)C1. The third-order valence-corrected chi connectivity index (χ3v) is 8.40. The number of pyridine rings is 1. The summed E-state index contributed by atoms with van der Waals surface area (Å²) in [6.07, 6.45) is 0.400. The van der Waals surface area contributed by atoms with E-state index in [4.69, 9.17) is 16.3 Å². The first-order valence-electron chi connectivity index (χ1n) is 10.1. The van der Waals surface area contributed by atoms with Crippen molar-refractivity contribution in [1.29, 1.82) is 0 Å². The van der Waals surface area contributed by atoms with Crippen molar-refractivity contribution < 1.29 is 22.7 Å². The van der Waals surface area contributed by atoms with Crippen molar-refractivity contribution in [2.45, 2.75) is 19.4 Å². The molecule has 1 aliphatic rings. The number of carbonyl (C=O) groups excluding carboxylic acids is 2. The lowest BCUT2D eigenvalue weighted by atomic mass is 10.1. The number of sulfone groups is 1. The first-order valence-corrected chi connectivity index (χ1v) is 13.1. The highest BCUT2D eigenvalue weighted by Crippen LogP contribution is 2.32. The maximum atomic E-state index is 12.9. The Balaban J connectivity index is 1.55. The second-order valence-electron chi connectivity index (χ2n) is 7.49. The van der Waals surface area contributed by atoms with E-state index in [0.717, 1.165) is 4.88 Å². The molecule has 0 aliphatic carbocycles. The molecule has 1 saturated heterocycles. The monoisotopic (exact) mass is 492 g/mol. The van der Waals surface area contributed by atoms with Crippen LogP contribution in [0.2, 0.25) is 4.34 Å². The summed E-state index contributed by atoms with van der Waals surface area (Å²) in [5, 5.41) is 0.616. The van der Waals surface area contributed by atoms with Crippen LogP contribution in [0.4, 0.5) is 0 Å². The fourth-order valence-corrected chi connectivity index (χ4v) is 6.60. The molecule has 0 saturated carbocycles. The highest BCUT2D eigenvalue weighted by atomic mass is 35.5. The van der Waals surface area contributed by atoms with Gasteiger partial charge in [-0.2, -0.15) is 0 Å². The van der Waals surface area contributed by atoms with Gasteiger partial charge in [-0.25, -0.2) is 18.2 Å². The third-order valence-electron chi connectivity index (χ3n) is 5.40. The van der Waals surface area contributed by atoms with Gasteiger partial charge in [-0.05, 0) is 37.6 Å². The summed E-state index contributed by atoms with van der Waals surface area (Å²) in [5.74, 6) is -1.04. The summed E-state index contributed by atoms with van der Waals surface area (Å²) in [6.45, 7) is 1.66. The van der Waals surface area contributed by atoms with Crippen molar-refractivity contribution in [2.75, 3.05) is 24.7 Å². The Morgan fingerprint density at radius 1 is 1.25 bits per heavy atom. The van der Waals surface area contributed by atoms with E-state index in [1.165, 1.54) is 16.2 Å². The largest absolute Gasteiger partial charge is 0.452 e. The van der Waals surface area contributed by atoms with Crippen molar-refractivity contribution >= 4 is 55.6 Å². The smallest absolute Gasteiger partial charge is 0.339 e. The number of hydrogen-bond acceptors (Lipinski definition) is 7. The Kier molecular flexibility index (Phi) is 6.50. The lowest BCUT2D eigenvalue weighted by molar-refractivity contribution is -0.136. The second-order valence-corrected chi connectivity index (χ2v) is 11.4. The van der Waals surface area contributed by atoms with Gasteiger partial charge in [-0.15, -0.1) is 11.3 Å². The molecular formula is C22H21ClN2O5S2. The van der Waals surface area contributed by atoms with E-state index in [9.17, 15) is 18.0 Å². The van der Waals surface area contributed by atoms with E-state index in [0.29, 0.717) is 39.5 Å². The molecule has 0 spiro atoms. The van der Waals surface area contributed by atoms with Gasteiger partial charge in [0.15, 0.2) is 16.4 Å². The summed E-state index contributed by atoms with van der Waals surface area (Å²) >= 11 is 7.40. The molecule has 168 valence electrons. The minimum atomic E-state index is -3.13. The molecule has 1 aromatic carbocycles. The number of amides is 1. The van der Waals surface area contributed by atoms with E-state index < -0.39 is 28.3 Å². The minimum Gasteiger partial charge on any atom is -0.452 e. The molecular weight excluding hydrogens is 472 g/mol. The highest BCUT2D eigenvalue weighted by molar-refractivity contribution is 7.91. The Hall–Kier alpha value is -2.49. The van der Waals surface area contributed by atoms with Crippen LogP contribution >= 0.6 is 22.9 Å². The average Bonchev–Trinajstić information content (AvgIpc) is 3.36. The Morgan fingerprint density at radius 3 is 2.69 bits per heavy atom. The van der Waals surface area contributed by atoms with Gasteiger partial charge in [0.1, 0.15) is 0 Å². The molecule has 0 unspecified atom stereocenters.